The molecule has 1 fully saturated rings. The lowest BCUT2D eigenvalue weighted by Crippen LogP contribution is -2.46. The lowest BCUT2D eigenvalue weighted by atomic mass is 10.1. The molecular formula is C17H26N4O2. The van der Waals surface area contributed by atoms with Crippen LogP contribution >= 0.6 is 0 Å². The molecule has 3 amide bonds. The molecule has 6 nitrogen and oxygen atoms in total. The first kappa shape index (κ1) is 17.3. The number of likely N-dealkylation sites (tertiary alicyclic amines) is 1. The maximum Gasteiger partial charge on any atom is 0.315 e. The van der Waals surface area contributed by atoms with Crippen LogP contribution in [0.2, 0.25) is 0 Å². The number of amides is 3. The summed E-state index contributed by atoms with van der Waals surface area (Å²) in [7, 11) is 0. The van der Waals surface area contributed by atoms with Gasteiger partial charge in [0.2, 0.25) is 5.91 Å². The Morgan fingerprint density at radius 3 is 2.70 bits per heavy atom. The summed E-state index contributed by atoms with van der Waals surface area (Å²) in [5.41, 5.74) is 6.54. The zero-order valence-electron chi connectivity index (χ0n) is 13.7. The summed E-state index contributed by atoms with van der Waals surface area (Å²) in [6, 6.07) is 6.87. The van der Waals surface area contributed by atoms with Crippen molar-refractivity contribution in [1.82, 2.24) is 15.5 Å². The second-order valence-electron chi connectivity index (χ2n) is 6.15. The van der Waals surface area contributed by atoms with Crippen LogP contribution in [0.5, 0.6) is 0 Å². The second-order valence-corrected chi connectivity index (χ2v) is 6.15. The average molecular weight is 318 g/mol. The summed E-state index contributed by atoms with van der Waals surface area (Å²) >= 11 is 0. The first-order chi connectivity index (χ1) is 11.0. The summed E-state index contributed by atoms with van der Waals surface area (Å²) < 4.78 is 0. The molecule has 1 unspecified atom stereocenters. The lowest BCUT2D eigenvalue weighted by Gasteiger charge is -2.29. The van der Waals surface area contributed by atoms with Crippen molar-refractivity contribution in [3.8, 4) is 0 Å². The molecule has 1 heterocycles. The van der Waals surface area contributed by atoms with Gasteiger partial charge < -0.3 is 21.3 Å². The quantitative estimate of drug-likeness (QED) is 0.742. The number of hydrogen-bond acceptors (Lipinski definition) is 3. The molecule has 1 saturated heterocycles. The van der Waals surface area contributed by atoms with E-state index in [1.165, 1.54) is 19.3 Å². The van der Waals surface area contributed by atoms with Crippen molar-refractivity contribution >= 4 is 11.9 Å². The third-order valence-electron chi connectivity index (χ3n) is 4.02. The minimum atomic E-state index is -0.466. The van der Waals surface area contributed by atoms with Crippen LogP contribution in [0.1, 0.15) is 42.1 Å². The molecule has 1 aliphatic rings. The molecule has 1 atom stereocenters. The van der Waals surface area contributed by atoms with E-state index in [9.17, 15) is 9.59 Å². The van der Waals surface area contributed by atoms with E-state index in [4.69, 9.17) is 5.73 Å². The predicted molar refractivity (Wildman–Crippen MR) is 90.1 cm³/mol. The SMILES string of the molecule is CC(CN1CCCCC1)NC(=O)NCc1cccc(C(N)=O)c1. The monoisotopic (exact) mass is 318 g/mol. The van der Waals surface area contributed by atoms with Crippen LogP contribution in [0.4, 0.5) is 4.79 Å². The summed E-state index contributed by atoms with van der Waals surface area (Å²) in [6.07, 6.45) is 3.80. The highest BCUT2D eigenvalue weighted by Gasteiger charge is 2.14. The Hall–Kier alpha value is -2.08. The first-order valence-corrected chi connectivity index (χ1v) is 8.20. The van der Waals surface area contributed by atoms with E-state index < -0.39 is 5.91 Å². The number of nitrogens with two attached hydrogens (primary N) is 1. The van der Waals surface area contributed by atoms with Crippen molar-refractivity contribution < 1.29 is 9.59 Å². The van der Waals surface area contributed by atoms with Gasteiger partial charge >= 0.3 is 6.03 Å². The van der Waals surface area contributed by atoms with Crippen LogP contribution in [0.15, 0.2) is 24.3 Å². The third-order valence-corrected chi connectivity index (χ3v) is 4.02. The van der Waals surface area contributed by atoms with E-state index in [2.05, 4.69) is 15.5 Å². The molecule has 2 rings (SSSR count). The molecule has 1 aliphatic heterocycles. The Morgan fingerprint density at radius 1 is 1.26 bits per heavy atom. The molecule has 6 heteroatoms. The molecule has 0 aromatic heterocycles. The Balaban J connectivity index is 1.73. The number of benzene rings is 1. The highest BCUT2D eigenvalue weighted by atomic mass is 16.2. The highest BCUT2D eigenvalue weighted by molar-refractivity contribution is 5.92. The normalized spacial score (nSPS) is 16.6. The molecule has 1 aromatic carbocycles. The van der Waals surface area contributed by atoms with Crippen LogP contribution in [0.25, 0.3) is 0 Å². The van der Waals surface area contributed by atoms with Crippen molar-refractivity contribution in [3.63, 3.8) is 0 Å². The van der Waals surface area contributed by atoms with E-state index in [0.29, 0.717) is 12.1 Å². The molecule has 0 saturated carbocycles. The Bertz CT molecular complexity index is 541. The van der Waals surface area contributed by atoms with Crippen LogP contribution in [0.3, 0.4) is 0 Å². The Labute approximate surface area is 137 Å². The molecule has 1 aromatic rings. The van der Waals surface area contributed by atoms with Gasteiger partial charge in [0.1, 0.15) is 0 Å². The number of urea groups is 1. The number of carbonyl (C=O) groups is 2. The molecular weight excluding hydrogens is 292 g/mol. The number of rotatable bonds is 6. The predicted octanol–water partition coefficient (Wildman–Crippen LogP) is 1.46. The van der Waals surface area contributed by atoms with Crippen LogP contribution < -0.4 is 16.4 Å². The molecule has 4 N–H and O–H groups in total. The van der Waals surface area contributed by atoms with Gasteiger partial charge in [-0.3, -0.25) is 4.79 Å². The van der Waals surface area contributed by atoms with Gasteiger partial charge in [0.25, 0.3) is 0 Å². The Kier molecular flexibility index (Phi) is 6.40. The smallest absolute Gasteiger partial charge is 0.315 e. The lowest BCUT2D eigenvalue weighted by molar-refractivity contribution is 0.1000. The number of carbonyl (C=O) groups excluding carboxylic acids is 2. The van der Waals surface area contributed by atoms with Gasteiger partial charge in [-0.05, 0) is 50.6 Å². The van der Waals surface area contributed by atoms with Gasteiger partial charge in [0, 0.05) is 24.7 Å². The van der Waals surface area contributed by atoms with E-state index in [1.54, 1.807) is 18.2 Å². The standard InChI is InChI=1S/C17H26N4O2/c1-13(12-21-8-3-2-4-9-21)20-17(23)19-11-14-6-5-7-15(10-14)16(18)22/h5-7,10,13H,2-4,8-9,11-12H2,1H3,(H2,18,22)(H2,19,20,23). The summed E-state index contributed by atoms with van der Waals surface area (Å²) in [5.74, 6) is -0.466. The highest BCUT2D eigenvalue weighted by Crippen LogP contribution is 2.08. The number of nitrogens with one attached hydrogen (secondary N) is 2. The summed E-state index contributed by atoms with van der Waals surface area (Å²) in [6.45, 7) is 5.50. The topological polar surface area (TPSA) is 87.5 Å². The summed E-state index contributed by atoms with van der Waals surface area (Å²) in [5, 5.41) is 5.76. The van der Waals surface area contributed by atoms with Crippen LogP contribution in [-0.4, -0.2) is 42.5 Å². The fourth-order valence-electron chi connectivity index (χ4n) is 2.87. The fourth-order valence-corrected chi connectivity index (χ4v) is 2.87. The van der Waals surface area contributed by atoms with Crippen molar-refractivity contribution in [2.24, 2.45) is 5.73 Å². The van der Waals surface area contributed by atoms with Gasteiger partial charge in [0.15, 0.2) is 0 Å². The van der Waals surface area contributed by atoms with Gasteiger partial charge in [0.05, 0.1) is 0 Å². The molecule has 0 radical (unpaired) electrons. The molecule has 0 bridgehead atoms. The average Bonchev–Trinajstić information content (AvgIpc) is 2.54. The van der Waals surface area contributed by atoms with Crippen molar-refractivity contribution in [2.45, 2.75) is 38.8 Å². The first-order valence-electron chi connectivity index (χ1n) is 8.20. The van der Waals surface area contributed by atoms with Gasteiger partial charge in [-0.25, -0.2) is 4.79 Å². The van der Waals surface area contributed by atoms with Crippen LogP contribution in [0, 0.1) is 0 Å². The van der Waals surface area contributed by atoms with E-state index >= 15 is 0 Å². The molecule has 0 spiro atoms. The fraction of sp³-hybridized carbons (Fsp3) is 0.529. The van der Waals surface area contributed by atoms with Gasteiger partial charge in [-0.1, -0.05) is 18.6 Å². The van der Waals surface area contributed by atoms with Crippen molar-refractivity contribution in [2.75, 3.05) is 19.6 Å². The zero-order chi connectivity index (χ0) is 16.7. The van der Waals surface area contributed by atoms with Gasteiger partial charge in [-0.15, -0.1) is 0 Å². The van der Waals surface area contributed by atoms with E-state index in [-0.39, 0.29) is 12.1 Å². The number of piperidine rings is 1. The zero-order valence-corrected chi connectivity index (χ0v) is 13.7. The third kappa shape index (κ3) is 5.90. The summed E-state index contributed by atoms with van der Waals surface area (Å²) in [4.78, 5) is 25.5. The van der Waals surface area contributed by atoms with E-state index in [0.717, 1.165) is 25.2 Å². The minimum absolute atomic E-state index is 0.102. The molecule has 126 valence electrons. The molecule has 23 heavy (non-hydrogen) atoms. The van der Waals surface area contributed by atoms with Gasteiger partial charge in [-0.2, -0.15) is 0 Å². The maximum absolute atomic E-state index is 12.0. The van der Waals surface area contributed by atoms with E-state index in [1.807, 2.05) is 13.0 Å². The van der Waals surface area contributed by atoms with Crippen molar-refractivity contribution in [1.29, 1.82) is 0 Å². The van der Waals surface area contributed by atoms with Crippen LogP contribution in [-0.2, 0) is 6.54 Å². The number of nitrogens with zero attached hydrogens (tertiary/aromatic N) is 1. The number of primary amides is 1. The molecule has 0 aliphatic carbocycles. The van der Waals surface area contributed by atoms with Crippen molar-refractivity contribution in [3.05, 3.63) is 35.4 Å². The minimum Gasteiger partial charge on any atom is -0.366 e. The Morgan fingerprint density at radius 2 is 2.00 bits per heavy atom. The maximum atomic E-state index is 12.0. The largest absolute Gasteiger partial charge is 0.366 e. The second kappa shape index (κ2) is 8.53. The number of hydrogen-bond donors (Lipinski definition) is 3.